The van der Waals surface area contributed by atoms with Crippen molar-refractivity contribution in [2.24, 2.45) is 18.0 Å². The summed E-state index contributed by atoms with van der Waals surface area (Å²) in [5.41, 5.74) is 2.80. The first-order chi connectivity index (χ1) is 12.3. The van der Waals surface area contributed by atoms with Crippen LogP contribution < -0.4 is 0 Å². The molecule has 3 rings (SSSR count). The van der Waals surface area contributed by atoms with Crippen molar-refractivity contribution < 1.29 is 14.5 Å². The number of aromatic nitrogens is 2. The summed E-state index contributed by atoms with van der Waals surface area (Å²) in [7, 11) is 1.79. The number of ether oxygens (including phenoxy) is 1. The molecule has 26 heavy (non-hydrogen) atoms. The van der Waals surface area contributed by atoms with Crippen molar-refractivity contribution in [3.05, 3.63) is 51.2 Å². The van der Waals surface area contributed by atoms with E-state index in [1.54, 1.807) is 37.7 Å². The molecule has 0 amide bonds. The van der Waals surface area contributed by atoms with Crippen molar-refractivity contribution in [2.75, 3.05) is 6.61 Å². The zero-order valence-electron chi connectivity index (χ0n) is 15.1. The van der Waals surface area contributed by atoms with Crippen LogP contribution in [-0.4, -0.2) is 33.0 Å². The van der Waals surface area contributed by atoms with Gasteiger partial charge in [0.2, 0.25) is 0 Å². The minimum Gasteiger partial charge on any atom is -0.465 e. The molecular formula is C18H20N4O4. The molecule has 136 valence electrons. The zero-order valence-corrected chi connectivity index (χ0v) is 15.1. The van der Waals surface area contributed by atoms with Gasteiger partial charge in [0.1, 0.15) is 5.92 Å². The lowest BCUT2D eigenvalue weighted by atomic mass is 9.76. The Labute approximate surface area is 150 Å². The van der Waals surface area contributed by atoms with Gasteiger partial charge in [0.25, 0.3) is 5.69 Å². The number of nitrogens with zero attached hydrogens (tertiary/aromatic N) is 4. The lowest BCUT2D eigenvalue weighted by Gasteiger charge is -2.29. The van der Waals surface area contributed by atoms with Crippen LogP contribution in [0.5, 0.6) is 0 Å². The lowest BCUT2D eigenvalue weighted by Crippen LogP contribution is -2.33. The van der Waals surface area contributed by atoms with Crippen LogP contribution in [-0.2, 0) is 16.6 Å². The first-order valence-corrected chi connectivity index (χ1v) is 8.34. The number of carbonyl (C=O) groups is 1. The number of hydrogen-bond donors (Lipinski definition) is 0. The molecule has 2 atom stereocenters. The molecule has 0 aliphatic carbocycles. The van der Waals surface area contributed by atoms with Crippen LogP contribution in [0.15, 0.2) is 29.3 Å². The Morgan fingerprint density at radius 1 is 1.38 bits per heavy atom. The smallest absolute Gasteiger partial charge is 0.315 e. The average molecular weight is 356 g/mol. The van der Waals surface area contributed by atoms with Crippen LogP contribution >= 0.6 is 0 Å². The van der Waals surface area contributed by atoms with E-state index in [0.717, 1.165) is 11.3 Å². The molecule has 1 aliphatic heterocycles. The molecule has 2 unspecified atom stereocenters. The topological polar surface area (TPSA) is 99.6 Å². The maximum absolute atomic E-state index is 12.7. The molecule has 0 N–H and O–H groups in total. The predicted octanol–water partition coefficient (Wildman–Crippen LogP) is 3.05. The lowest BCUT2D eigenvalue weighted by molar-refractivity contribution is -0.384. The second-order valence-corrected chi connectivity index (χ2v) is 6.26. The van der Waals surface area contributed by atoms with E-state index < -0.39 is 16.8 Å². The van der Waals surface area contributed by atoms with Gasteiger partial charge in [-0.05, 0) is 26.3 Å². The van der Waals surface area contributed by atoms with E-state index in [1.165, 1.54) is 12.1 Å². The van der Waals surface area contributed by atoms with Gasteiger partial charge in [-0.2, -0.15) is 5.10 Å². The highest BCUT2D eigenvalue weighted by Crippen LogP contribution is 2.44. The summed E-state index contributed by atoms with van der Waals surface area (Å²) < 4.78 is 6.93. The molecule has 2 aromatic rings. The van der Waals surface area contributed by atoms with Crippen LogP contribution in [0.25, 0.3) is 0 Å². The molecule has 2 heterocycles. The van der Waals surface area contributed by atoms with E-state index in [2.05, 4.69) is 10.1 Å². The Morgan fingerprint density at radius 3 is 2.77 bits per heavy atom. The van der Waals surface area contributed by atoms with Crippen molar-refractivity contribution in [1.29, 1.82) is 0 Å². The van der Waals surface area contributed by atoms with Crippen LogP contribution in [0.4, 0.5) is 11.5 Å². The summed E-state index contributed by atoms with van der Waals surface area (Å²) in [4.78, 5) is 28.0. The van der Waals surface area contributed by atoms with Gasteiger partial charge in [-0.3, -0.25) is 19.6 Å². The first kappa shape index (κ1) is 17.8. The molecule has 0 bridgehead atoms. The predicted molar refractivity (Wildman–Crippen MR) is 95.8 cm³/mol. The summed E-state index contributed by atoms with van der Waals surface area (Å²) in [6.07, 6.45) is 0. The van der Waals surface area contributed by atoms with Crippen molar-refractivity contribution in [3.63, 3.8) is 0 Å². The van der Waals surface area contributed by atoms with Gasteiger partial charge < -0.3 is 4.74 Å². The Hall–Kier alpha value is -3.03. The fraction of sp³-hybridized carbons (Fsp3) is 0.389. The molecule has 0 saturated carbocycles. The first-order valence-electron chi connectivity index (χ1n) is 8.34. The van der Waals surface area contributed by atoms with Gasteiger partial charge in [-0.1, -0.05) is 12.1 Å². The number of rotatable bonds is 4. The molecular weight excluding hydrogens is 336 g/mol. The average Bonchev–Trinajstić information content (AvgIpc) is 2.87. The number of aliphatic imine (C=N–C) groups is 1. The maximum Gasteiger partial charge on any atom is 0.315 e. The highest BCUT2D eigenvalue weighted by molar-refractivity contribution is 6.05. The number of esters is 1. The monoisotopic (exact) mass is 356 g/mol. The molecule has 8 nitrogen and oxygen atoms in total. The number of carbonyl (C=O) groups excluding carboxylic acids is 1. The number of nitro benzene ring substituents is 1. The number of non-ortho nitro benzene ring substituents is 1. The van der Waals surface area contributed by atoms with Crippen LogP contribution in [0, 0.1) is 23.0 Å². The normalized spacial score (nSPS) is 18.8. The summed E-state index contributed by atoms with van der Waals surface area (Å²) in [6.45, 7) is 5.62. The molecule has 8 heteroatoms. The SMILES string of the molecule is CCOC(=O)C1C(C)=Nc2c(c(C)nn2C)C1c1cccc([N+](=O)[O-])c1. The standard InChI is InChI=1S/C18H20N4O4/c1-5-26-18(23)15-10(2)19-17-14(11(3)20-21(17)4)16(15)12-7-6-8-13(9-12)22(24)25/h6-9,15-16H,5H2,1-4H3. The molecule has 1 aromatic carbocycles. The van der Waals surface area contributed by atoms with E-state index >= 15 is 0 Å². The summed E-state index contributed by atoms with van der Waals surface area (Å²) >= 11 is 0. The third-order valence-corrected chi connectivity index (χ3v) is 4.59. The van der Waals surface area contributed by atoms with Gasteiger partial charge in [-0.25, -0.2) is 4.99 Å². The fourth-order valence-electron chi connectivity index (χ4n) is 3.53. The molecule has 0 spiro atoms. The number of fused-ring (bicyclic) bond motifs is 1. The highest BCUT2D eigenvalue weighted by Gasteiger charge is 2.41. The second kappa shape index (κ2) is 6.70. The number of aryl methyl sites for hydroxylation is 2. The van der Waals surface area contributed by atoms with Gasteiger partial charge in [-0.15, -0.1) is 0 Å². The minimum atomic E-state index is -0.646. The van der Waals surface area contributed by atoms with Gasteiger partial charge in [0, 0.05) is 36.4 Å². The molecule has 0 saturated heterocycles. The summed E-state index contributed by atoms with van der Waals surface area (Å²) in [5.74, 6) is -0.807. The summed E-state index contributed by atoms with van der Waals surface area (Å²) in [5, 5.41) is 15.6. The van der Waals surface area contributed by atoms with Crippen molar-refractivity contribution in [1.82, 2.24) is 9.78 Å². The van der Waals surface area contributed by atoms with E-state index in [9.17, 15) is 14.9 Å². The minimum absolute atomic E-state index is 0.0200. The number of hydrogen-bond acceptors (Lipinski definition) is 6. The third kappa shape index (κ3) is 2.87. The molecule has 1 aliphatic rings. The van der Waals surface area contributed by atoms with Gasteiger partial charge in [0.05, 0.1) is 17.2 Å². The third-order valence-electron chi connectivity index (χ3n) is 4.59. The number of benzene rings is 1. The molecule has 0 fully saturated rings. The van der Waals surface area contributed by atoms with Crippen LogP contribution in [0.2, 0.25) is 0 Å². The highest BCUT2D eigenvalue weighted by atomic mass is 16.6. The Bertz CT molecular complexity index is 916. The molecule has 0 radical (unpaired) electrons. The fourth-order valence-corrected chi connectivity index (χ4v) is 3.53. The molecule has 1 aromatic heterocycles. The Kier molecular flexibility index (Phi) is 4.58. The van der Waals surface area contributed by atoms with Crippen molar-refractivity contribution in [3.8, 4) is 0 Å². The van der Waals surface area contributed by atoms with Crippen LogP contribution in [0.1, 0.15) is 36.6 Å². The quantitative estimate of drug-likeness (QED) is 0.476. The van der Waals surface area contributed by atoms with E-state index in [4.69, 9.17) is 4.74 Å². The Balaban J connectivity index is 2.23. The van der Waals surface area contributed by atoms with E-state index in [0.29, 0.717) is 17.1 Å². The van der Waals surface area contributed by atoms with Gasteiger partial charge >= 0.3 is 5.97 Å². The summed E-state index contributed by atoms with van der Waals surface area (Å²) in [6, 6.07) is 6.36. The maximum atomic E-state index is 12.7. The largest absolute Gasteiger partial charge is 0.465 e. The number of nitro groups is 1. The second-order valence-electron chi connectivity index (χ2n) is 6.26. The van der Waals surface area contributed by atoms with Crippen molar-refractivity contribution >= 4 is 23.2 Å². The van der Waals surface area contributed by atoms with Gasteiger partial charge in [0.15, 0.2) is 5.82 Å². The Morgan fingerprint density at radius 2 is 2.12 bits per heavy atom. The zero-order chi connectivity index (χ0) is 19.0. The van der Waals surface area contributed by atoms with Crippen molar-refractivity contribution in [2.45, 2.75) is 26.7 Å². The van der Waals surface area contributed by atoms with E-state index in [1.807, 2.05) is 6.92 Å². The van der Waals surface area contributed by atoms with Crippen LogP contribution in [0.3, 0.4) is 0 Å². The van der Waals surface area contributed by atoms with E-state index in [-0.39, 0.29) is 18.3 Å².